The van der Waals surface area contributed by atoms with Gasteiger partial charge in [0.25, 0.3) is 0 Å². The minimum Gasteiger partial charge on any atom is -0.456 e. The van der Waals surface area contributed by atoms with Crippen molar-refractivity contribution < 1.29 is 13.9 Å². The van der Waals surface area contributed by atoms with Crippen LogP contribution >= 0.6 is 0 Å². The van der Waals surface area contributed by atoms with E-state index in [1.54, 1.807) is 19.1 Å². The summed E-state index contributed by atoms with van der Waals surface area (Å²) in [6.45, 7) is 8.51. The van der Waals surface area contributed by atoms with Gasteiger partial charge >= 0.3 is 5.97 Å². The molecule has 1 aliphatic heterocycles. The summed E-state index contributed by atoms with van der Waals surface area (Å²) in [4.78, 5) is 12.1. The van der Waals surface area contributed by atoms with Gasteiger partial charge < -0.3 is 10.1 Å². The lowest BCUT2D eigenvalue weighted by atomic mass is 9.94. The molecule has 0 aromatic heterocycles. The molecule has 1 aromatic carbocycles. The van der Waals surface area contributed by atoms with Gasteiger partial charge in [-0.15, -0.1) is 0 Å². The first-order chi connectivity index (χ1) is 9.79. The molecule has 0 fully saturated rings. The summed E-state index contributed by atoms with van der Waals surface area (Å²) in [7, 11) is 0. The van der Waals surface area contributed by atoms with E-state index in [9.17, 15) is 9.18 Å². The molecule has 0 bridgehead atoms. The third kappa shape index (κ3) is 3.70. The van der Waals surface area contributed by atoms with Crippen LogP contribution < -0.4 is 5.32 Å². The van der Waals surface area contributed by atoms with Crippen LogP contribution in [0.2, 0.25) is 0 Å². The maximum absolute atomic E-state index is 13.4. The molecule has 1 heterocycles. The Labute approximate surface area is 125 Å². The molecule has 0 amide bonds. The highest BCUT2D eigenvalue weighted by Crippen LogP contribution is 2.26. The Balaban J connectivity index is 2.25. The number of benzene rings is 1. The Bertz CT molecular complexity index is 573. The SMILES string of the molecule is Cc1cc(C2=CCNC[C@@H]2OC(=O)C(C)(C)C)ccc1F. The highest BCUT2D eigenvalue weighted by atomic mass is 19.1. The minimum atomic E-state index is -0.540. The van der Waals surface area contributed by atoms with Crippen molar-refractivity contribution in [2.75, 3.05) is 13.1 Å². The number of hydrogen-bond donors (Lipinski definition) is 1. The average Bonchev–Trinajstić information content (AvgIpc) is 2.41. The van der Waals surface area contributed by atoms with Crippen molar-refractivity contribution in [1.29, 1.82) is 0 Å². The Morgan fingerprint density at radius 3 is 2.71 bits per heavy atom. The van der Waals surface area contributed by atoms with Crippen LogP contribution in [0.25, 0.3) is 5.57 Å². The van der Waals surface area contributed by atoms with Gasteiger partial charge in [0, 0.05) is 13.1 Å². The fourth-order valence-corrected chi connectivity index (χ4v) is 2.18. The molecule has 0 radical (unpaired) electrons. The van der Waals surface area contributed by atoms with Crippen molar-refractivity contribution in [2.45, 2.75) is 33.8 Å². The predicted molar refractivity (Wildman–Crippen MR) is 81.3 cm³/mol. The molecule has 114 valence electrons. The van der Waals surface area contributed by atoms with E-state index in [0.29, 0.717) is 12.1 Å². The molecule has 1 aromatic rings. The molecule has 4 heteroatoms. The van der Waals surface area contributed by atoms with Gasteiger partial charge in [0.1, 0.15) is 11.9 Å². The number of aryl methyl sites for hydroxylation is 1. The van der Waals surface area contributed by atoms with Crippen molar-refractivity contribution in [3.63, 3.8) is 0 Å². The number of rotatable bonds is 2. The second kappa shape index (κ2) is 5.98. The fraction of sp³-hybridized carbons (Fsp3) is 0.471. The zero-order valence-corrected chi connectivity index (χ0v) is 13.0. The molecule has 21 heavy (non-hydrogen) atoms. The van der Waals surface area contributed by atoms with Gasteiger partial charge in [-0.3, -0.25) is 4.79 Å². The van der Waals surface area contributed by atoms with Crippen LogP contribution in [0.3, 0.4) is 0 Å². The second-order valence-electron chi connectivity index (χ2n) is 6.43. The van der Waals surface area contributed by atoms with Crippen molar-refractivity contribution >= 4 is 11.5 Å². The zero-order valence-electron chi connectivity index (χ0n) is 13.0. The molecule has 0 spiro atoms. The summed E-state index contributed by atoms with van der Waals surface area (Å²) >= 11 is 0. The standard InChI is InChI=1S/C17H22FNO2/c1-11-9-12(5-6-14(11)18)13-7-8-19-10-15(13)21-16(20)17(2,3)4/h5-7,9,15,19H,8,10H2,1-4H3/t15-/m0/s1. The van der Waals surface area contributed by atoms with Crippen LogP contribution in [0.15, 0.2) is 24.3 Å². The summed E-state index contributed by atoms with van der Waals surface area (Å²) in [5.74, 6) is -0.461. The number of hydrogen-bond acceptors (Lipinski definition) is 3. The van der Waals surface area contributed by atoms with Crippen LogP contribution in [0.1, 0.15) is 31.9 Å². The topological polar surface area (TPSA) is 38.3 Å². The second-order valence-corrected chi connectivity index (χ2v) is 6.43. The Hall–Kier alpha value is -1.68. The normalized spacial score (nSPS) is 19.1. The van der Waals surface area contributed by atoms with Gasteiger partial charge in [-0.25, -0.2) is 4.39 Å². The predicted octanol–water partition coefficient (Wildman–Crippen LogP) is 3.08. The first kappa shape index (κ1) is 15.7. The van der Waals surface area contributed by atoms with Crippen LogP contribution in [0.5, 0.6) is 0 Å². The molecule has 1 aliphatic rings. The largest absolute Gasteiger partial charge is 0.456 e. The molecule has 1 N–H and O–H groups in total. The molecular weight excluding hydrogens is 269 g/mol. The summed E-state index contributed by atoms with van der Waals surface area (Å²) in [6, 6.07) is 4.98. The molecule has 0 unspecified atom stereocenters. The van der Waals surface area contributed by atoms with Gasteiger partial charge in [-0.1, -0.05) is 12.1 Å². The number of ether oxygens (including phenoxy) is 1. The third-order valence-corrected chi connectivity index (χ3v) is 3.50. The van der Waals surface area contributed by atoms with Gasteiger partial charge in [0.15, 0.2) is 0 Å². The number of carbonyl (C=O) groups is 1. The van der Waals surface area contributed by atoms with E-state index in [2.05, 4.69) is 5.32 Å². The number of esters is 1. The molecule has 1 atom stereocenters. The van der Waals surface area contributed by atoms with E-state index >= 15 is 0 Å². The van der Waals surface area contributed by atoms with Crippen molar-refractivity contribution in [3.05, 3.63) is 41.2 Å². The molecule has 2 rings (SSSR count). The van der Waals surface area contributed by atoms with Gasteiger partial charge in [0.2, 0.25) is 0 Å². The van der Waals surface area contributed by atoms with Gasteiger partial charge in [0.05, 0.1) is 5.41 Å². The fourth-order valence-electron chi connectivity index (χ4n) is 2.18. The van der Waals surface area contributed by atoms with E-state index in [1.807, 2.05) is 26.8 Å². The maximum atomic E-state index is 13.4. The lowest BCUT2D eigenvalue weighted by Crippen LogP contribution is -2.38. The van der Waals surface area contributed by atoms with Crippen molar-refractivity contribution in [2.24, 2.45) is 5.41 Å². The quantitative estimate of drug-likeness (QED) is 0.851. The highest BCUT2D eigenvalue weighted by Gasteiger charge is 2.29. The van der Waals surface area contributed by atoms with Gasteiger partial charge in [-0.05, 0) is 56.5 Å². The monoisotopic (exact) mass is 291 g/mol. The minimum absolute atomic E-state index is 0.225. The van der Waals surface area contributed by atoms with E-state index in [0.717, 1.165) is 17.7 Å². The average molecular weight is 291 g/mol. The maximum Gasteiger partial charge on any atom is 0.311 e. The summed E-state index contributed by atoms with van der Waals surface area (Å²) in [6.07, 6.45) is 1.66. The molecule has 0 saturated heterocycles. The van der Waals surface area contributed by atoms with E-state index in [-0.39, 0.29) is 17.9 Å². The van der Waals surface area contributed by atoms with Crippen molar-refractivity contribution in [3.8, 4) is 0 Å². The first-order valence-corrected chi connectivity index (χ1v) is 7.17. The lowest BCUT2D eigenvalue weighted by Gasteiger charge is -2.28. The molecule has 3 nitrogen and oxygen atoms in total. The van der Waals surface area contributed by atoms with Gasteiger partial charge in [-0.2, -0.15) is 0 Å². The molecule has 0 aliphatic carbocycles. The first-order valence-electron chi connectivity index (χ1n) is 7.17. The van der Waals surface area contributed by atoms with Crippen molar-refractivity contribution in [1.82, 2.24) is 5.32 Å². The highest BCUT2D eigenvalue weighted by molar-refractivity contribution is 5.79. The Morgan fingerprint density at radius 1 is 1.38 bits per heavy atom. The lowest BCUT2D eigenvalue weighted by molar-refractivity contribution is -0.155. The Morgan fingerprint density at radius 2 is 2.10 bits per heavy atom. The van der Waals surface area contributed by atoms with E-state index < -0.39 is 5.41 Å². The van der Waals surface area contributed by atoms with Crippen LogP contribution in [-0.2, 0) is 9.53 Å². The van der Waals surface area contributed by atoms with Crippen LogP contribution in [-0.4, -0.2) is 25.2 Å². The summed E-state index contributed by atoms with van der Waals surface area (Å²) < 4.78 is 19.0. The van der Waals surface area contributed by atoms with E-state index in [4.69, 9.17) is 4.74 Å². The summed E-state index contributed by atoms with van der Waals surface area (Å²) in [5, 5.41) is 3.19. The number of carbonyl (C=O) groups excluding carboxylic acids is 1. The molecular formula is C17H22FNO2. The summed E-state index contributed by atoms with van der Waals surface area (Å²) in [5.41, 5.74) is 1.89. The third-order valence-electron chi connectivity index (χ3n) is 3.50. The van der Waals surface area contributed by atoms with Crippen LogP contribution in [0.4, 0.5) is 4.39 Å². The Kier molecular flexibility index (Phi) is 4.47. The van der Waals surface area contributed by atoms with E-state index in [1.165, 1.54) is 6.07 Å². The molecule has 0 saturated carbocycles. The number of halogens is 1. The number of nitrogens with one attached hydrogen (secondary N) is 1. The zero-order chi connectivity index (χ0) is 15.6. The smallest absolute Gasteiger partial charge is 0.311 e. The van der Waals surface area contributed by atoms with Crippen LogP contribution in [0, 0.1) is 18.2 Å².